The average molecular weight is 649 g/mol. The summed E-state index contributed by atoms with van der Waals surface area (Å²) in [5.74, 6) is -0.530. The van der Waals surface area contributed by atoms with Crippen LogP contribution in [0.5, 0.6) is 11.5 Å². The molecule has 0 spiro atoms. The summed E-state index contributed by atoms with van der Waals surface area (Å²) in [5, 5.41) is 42.0. The van der Waals surface area contributed by atoms with Gasteiger partial charge in [-0.25, -0.2) is 4.79 Å². The second-order valence-corrected chi connectivity index (χ2v) is 17.7. The van der Waals surface area contributed by atoms with Crippen LogP contribution in [0.15, 0.2) is 35.9 Å². The van der Waals surface area contributed by atoms with Gasteiger partial charge in [-0.05, 0) is 120 Å². The molecule has 258 valence electrons. The number of carboxylic acid groups (broad SMARTS) is 1. The number of esters is 1. The van der Waals surface area contributed by atoms with Crippen LogP contribution in [0, 0.1) is 56.2 Å². The van der Waals surface area contributed by atoms with Gasteiger partial charge in [-0.1, -0.05) is 73.1 Å². The summed E-state index contributed by atoms with van der Waals surface area (Å²) in [5.41, 5.74) is 0.0554. The molecule has 4 saturated carbocycles. The minimum absolute atomic E-state index is 0.0529. The smallest absolute Gasteiger partial charge is 0.331 e. The van der Waals surface area contributed by atoms with Gasteiger partial charge in [0, 0.05) is 11.5 Å². The Balaban J connectivity index is 1.32. The molecule has 0 radical (unpaired) electrons. The van der Waals surface area contributed by atoms with E-state index in [0.29, 0.717) is 23.8 Å². The lowest BCUT2D eigenvalue weighted by atomic mass is 9.30. The fourth-order valence-corrected chi connectivity index (χ4v) is 12.3. The molecule has 0 amide bonds. The van der Waals surface area contributed by atoms with Crippen molar-refractivity contribution in [1.82, 2.24) is 0 Å². The van der Waals surface area contributed by atoms with Gasteiger partial charge in [-0.3, -0.25) is 4.79 Å². The number of aliphatic hydroxyl groups excluding tert-OH is 1. The van der Waals surface area contributed by atoms with Crippen molar-refractivity contribution in [2.24, 2.45) is 56.2 Å². The van der Waals surface area contributed by atoms with Gasteiger partial charge in [-0.2, -0.15) is 0 Å². The molecule has 5 aliphatic rings. The van der Waals surface area contributed by atoms with E-state index in [4.69, 9.17) is 4.74 Å². The Labute approximate surface area is 280 Å². The molecule has 6 rings (SSSR count). The molecule has 0 aromatic heterocycles. The Morgan fingerprint density at radius 1 is 0.915 bits per heavy atom. The van der Waals surface area contributed by atoms with E-state index >= 15 is 0 Å². The predicted octanol–water partition coefficient (Wildman–Crippen LogP) is 8.13. The highest BCUT2D eigenvalue weighted by Gasteiger charge is 2.74. The van der Waals surface area contributed by atoms with Crippen molar-refractivity contribution in [2.75, 3.05) is 0 Å². The molecule has 0 aliphatic heterocycles. The molecule has 7 nitrogen and oxygen atoms in total. The van der Waals surface area contributed by atoms with Crippen LogP contribution in [0.1, 0.15) is 112 Å². The van der Waals surface area contributed by atoms with E-state index in [1.54, 1.807) is 6.07 Å². The van der Waals surface area contributed by atoms with Crippen molar-refractivity contribution in [2.45, 2.75) is 119 Å². The number of fused-ring (bicyclic) bond motifs is 7. The van der Waals surface area contributed by atoms with E-state index in [2.05, 4.69) is 61.5 Å². The maximum Gasteiger partial charge on any atom is 0.331 e. The number of carboxylic acids is 1. The normalized spacial score (nSPS) is 45.5. The lowest BCUT2D eigenvalue weighted by Gasteiger charge is -2.75. The molecule has 0 heterocycles. The van der Waals surface area contributed by atoms with E-state index in [1.807, 2.05) is 0 Å². The van der Waals surface area contributed by atoms with Crippen molar-refractivity contribution < 1.29 is 34.8 Å². The third-order valence-electron chi connectivity index (χ3n) is 16.1. The number of phenols is 2. The van der Waals surface area contributed by atoms with Crippen LogP contribution >= 0.6 is 0 Å². The molecular weight excluding hydrogens is 592 g/mol. The largest absolute Gasteiger partial charge is 0.504 e. The number of aromatic hydroxyl groups is 2. The molecule has 4 N–H and O–H groups in total. The van der Waals surface area contributed by atoms with Gasteiger partial charge in [0.05, 0.1) is 11.5 Å². The maximum atomic E-state index is 13.1. The summed E-state index contributed by atoms with van der Waals surface area (Å²) in [6.07, 6.45) is 10.4. The number of ether oxygens (including phenoxy) is 1. The zero-order valence-corrected chi connectivity index (χ0v) is 29.6. The fraction of sp³-hybridized carbons (Fsp3) is 0.700. The summed E-state index contributed by atoms with van der Waals surface area (Å²) < 4.78 is 6.08. The minimum atomic E-state index is -0.844. The van der Waals surface area contributed by atoms with Crippen LogP contribution in [0.3, 0.4) is 0 Å². The number of rotatable bonds is 4. The summed E-state index contributed by atoms with van der Waals surface area (Å²) in [7, 11) is 0. The van der Waals surface area contributed by atoms with Gasteiger partial charge in [0.25, 0.3) is 0 Å². The van der Waals surface area contributed by atoms with E-state index in [9.17, 15) is 30.0 Å². The number of carbonyl (C=O) groups excluding carboxylic acids is 1. The first-order valence-electron chi connectivity index (χ1n) is 17.8. The molecule has 7 heteroatoms. The molecule has 5 aliphatic carbocycles. The fourth-order valence-electron chi connectivity index (χ4n) is 12.3. The molecule has 0 unspecified atom stereocenters. The van der Waals surface area contributed by atoms with Crippen LogP contribution in [0.2, 0.25) is 0 Å². The molecular formula is C40H56O7. The maximum absolute atomic E-state index is 13.1. The highest BCUT2D eigenvalue weighted by molar-refractivity contribution is 5.87. The topological polar surface area (TPSA) is 124 Å². The number of carbonyl (C=O) groups is 2. The van der Waals surface area contributed by atoms with Crippen LogP contribution in [0.4, 0.5) is 0 Å². The van der Waals surface area contributed by atoms with Gasteiger partial charge in [0.1, 0.15) is 6.10 Å². The van der Waals surface area contributed by atoms with Crippen LogP contribution in [-0.4, -0.2) is 44.6 Å². The first-order valence-corrected chi connectivity index (χ1v) is 17.8. The average Bonchev–Trinajstić information content (AvgIpc) is 3.00. The van der Waals surface area contributed by atoms with Crippen LogP contribution < -0.4 is 0 Å². The van der Waals surface area contributed by atoms with E-state index < -0.39 is 35.0 Å². The highest BCUT2D eigenvalue weighted by atomic mass is 16.6. The molecule has 4 fully saturated rings. The van der Waals surface area contributed by atoms with Crippen molar-refractivity contribution in [3.05, 3.63) is 41.5 Å². The number of hydrogen-bond acceptors (Lipinski definition) is 6. The Kier molecular flexibility index (Phi) is 7.87. The number of hydrogen-bond donors (Lipinski definition) is 4. The first-order chi connectivity index (χ1) is 21.8. The number of aliphatic carboxylic acids is 1. The molecule has 0 saturated heterocycles. The second-order valence-electron chi connectivity index (χ2n) is 17.7. The highest BCUT2D eigenvalue weighted by Crippen LogP contribution is 2.78. The zero-order chi connectivity index (χ0) is 34.5. The molecule has 11 atom stereocenters. The third kappa shape index (κ3) is 4.46. The zero-order valence-electron chi connectivity index (χ0n) is 29.6. The Morgan fingerprint density at radius 3 is 2.28 bits per heavy atom. The Morgan fingerprint density at radius 2 is 1.62 bits per heavy atom. The van der Waals surface area contributed by atoms with Crippen molar-refractivity contribution in [1.29, 1.82) is 0 Å². The SMILES string of the molecule is C[C@H]1[C@H](C)CC[C@]2(C(=O)O)CC[C@]3(C)C(=CC[C@@H]4[C@@]5(C)C[C@@H](O)[C@H](OC(=O)/C=C/c6ccc(O)c(O)c6)C(C)(C)[C@]5(C)CC[C@]43C)[C@H]12. The summed E-state index contributed by atoms with van der Waals surface area (Å²) in [6, 6.07) is 4.33. The molecule has 1 aromatic carbocycles. The van der Waals surface area contributed by atoms with E-state index in [1.165, 1.54) is 29.9 Å². The summed E-state index contributed by atoms with van der Waals surface area (Å²) in [4.78, 5) is 26.2. The van der Waals surface area contributed by atoms with E-state index in [-0.39, 0.29) is 45.0 Å². The standard InChI is InChI=1S/C40H56O7/c1-23-15-16-40(34(45)46)20-18-36(5)26(32(40)24(23)2)11-13-30-37(36,6)17-19-39(8)35(3,4)33(29(43)22-38(30,39)7)47-31(44)14-10-25-9-12-27(41)28(42)21-25/h9-12,14,21,23-24,29-30,32-33,41-43H,13,15-20,22H2,1-8H3,(H,45,46)/b14-10+/t23-,24+,29-,30+,32+,33+,36-,37-,38-,39+,40+/m1/s1. The predicted molar refractivity (Wildman–Crippen MR) is 181 cm³/mol. The van der Waals surface area contributed by atoms with Crippen LogP contribution in [0.25, 0.3) is 6.08 Å². The van der Waals surface area contributed by atoms with Crippen LogP contribution in [-0.2, 0) is 14.3 Å². The molecule has 0 bridgehead atoms. The minimum Gasteiger partial charge on any atom is -0.504 e. The Hall–Kier alpha value is -2.80. The number of benzene rings is 1. The van der Waals surface area contributed by atoms with E-state index in [0.717, 1.165) is 44.9 Å². The number of aliphatic hydroxyl groups is 1. The molecule has 1 aromatic rings. The molecule has 47 heavy (non-hydrogen) atoms. The lowest BCUT2D eigenvalue weighted by Crippen LogP contribution is -2.71. The summed E-state index contributed by atoms with van der Waals surface area (Å²) >= 11 is 0. The van der Waals surface area contributed by atoms with Gasteiger partial charge >= 0.3 is 11.9 Å². The Bertz CT molecular complexity index is 1530. The summed E-state index contributed by atoms with van der Waals surface area (Å²) in [6.45, 7) is 18.5. The van der Waals surface area contributed by atoms with Gasteiger partial charge in [0.15, 0.2) is 11.5 Å². The van der Waals surface area contributed by atoms with Gasteiger partial charge in [0.2, 0.25) is 0 Å². The van der Waals surface area contributed by atoms with Gasteiger partial charge in [-0.15, -0.1) is 0 Å². The van der Waals surface area contributed by atoms with Crippen molar-refractivity contribution >= 4 is 18.0 Å². The number of allylic oxidation sites excluding steroid dienone is 2. The quantitative estimate of drug-likeness (QED) is 0.112. The monoisotopic (exact) mass is 648 g/mol. The third-order valence-corrected chi connectivity index (χ3v) is 16.1. The van der Waals surface area contributed by atoms with Crippen molar-refractivity contribution in [3.63, 3.8) is 0 Å². The first kappa shape index (κ1) is 34.1. The lowest BCUT2D eigenvalue weighted by molar-refractivity contribution is -0.277. The number of phenolic OH excluding ortho intramolecular Hbond substituents is 2. The van der Waals surface area contributed by atoms with Gasteiger partial charge < -0.3 is 25.2 Å². The van der Waals surface area contributed by atoms with Crippen molar-refractivity contribution in [3.8, 4) is 11.5 Å². The second kappa shape index (κ2) is 10.9.